The van der Waals surface area contributed by atoms with Crippen LogP contribution in [-0.2, 0) is 0 Å². The van der Waals surface area contributed by atoms with Crippen LogP contribution in [0.2, 0.25) is 0 Å². The predicted molar refractivity (Wildman–Crippen MR) is 74.7 cm³/mol. The summed E-state index contributed by atoms with van der Waals surface area (Å²) in [6, 6.07) is 5.99. The standard InChI is InChI=1S/C14H21NOS/c1-10-4-5-13(16)12(8-10)11(2)15-9-14(17-3)6-7-14/h4-5,8,11,15-16H,6-7,9H2,1-3H3. The maximum Gasteiger partial charge on any atom is 0.120 e. The zero-order chi connectivity index (χ0) is 12.5. The maximum atomic E-state index is 9.86. The summed E-state index contributed by atoms with van der Waals surface area (Å²) in [4.78, 5) is 0. The van der Waals surface area contributed by atoms with E-state index in [-0.39, 0.29) is 6.04 Å². The molecular weight excluding hydrogens is 230 g/mol. The molecular formula is C14H21NOS. The molecule has 1 atom stereocenters. The normalized spacial score (nSPS) is 19.0. The van der Waals surface area contributed by atoms with Crippen LogP contribution in [0.1, 0.15) is 36.9 Å². The Bertz CT molecular complexity index is 401. The second-order valence-electron chi connectivity index (χ2n) is 5.05. The number of rotatable bonds is 5. The Balaban J connectivity index is 1.99. The van der Waals surface area contributed by atoms with Gasteiger partial charge in [-0.2, -0.15) is 11.8 Å². The van der Waals surface area contributed by atoms with E-state index in [0.29, 0.717) is 10.5 Å². The highest BCUT2D eigenvalue weighted by atomic mass is 32.2. The van der Waals surface area contributed by atoms with Gasteiger partial charge in [-0.15, -0.1) is 0 Å². The largest absolute Gasteiger partial charge is 0.508 e. The smallest absolute Gasteiger partial charge is 0.120 e. The molecule has 1 fully saturated rings. The monoisotopic (exact) mass is 251 g/mol. The van der Waals surface area contributed by atoms with Gasteiger partial charge in [-0.3, -0.25) is 0 Å². The first-order valence-electron chi connectivity index (χ1n) is 6.14. The van der Waals surface area contributed by atoms with Crippen LogP contribution in [0.4, 0.5) is 0 Å². The highest BCUT2D eigenvalue weighted by Gasteiger charge is 2.41. The van der Waals surface area contributed by atoms with Crippen LogP contribution in [0.15, 0.2) is 18.2 Å². The lowest BCUT2D eigenvalue weighted by atomic mass is 10.0. The third-order valence-electron chi connectivity index (χ3n) is 3.62. The fraction of sp³-hybridized carbons (Fsp3) is 0.571. The van der Waals surface area contributed by atoms with Crippen molar-refractivity contribution in [1.82, 2.24) is 5.32 Å². The lowest BCUT2D eigenvalue weighted by Gasteiger charge is -2.20. The summed E-state index contributed by atoms with van der Waals surface area (Å²) in [5.74, 6) is 0.393. The molecule has 94 valence electrons. The number of phenolic OH excluding ortho intramolecular Hbond substituents is 1. The zero-order valence-corrected chi connectivity index (χ0v) is 11.6. The van der Waals surface area contributed by atoms with Crippen molar-refractivity contribution in [2.24, 2.45) is 0 Å². The van der Waals surface area contributed by atoms with Gasteiger partial charge in [0, 0.05) is 22.9 Å². The molecule has 1 aliphatic rings. The Kier molecular flexibility index (Phi) is 3.69. The molecule has 0 bridgehead atoms. The number of aryl methyl sites for hydroxylation is 1. The molecule has 0 amide bonds. The minimum absolute atomic E-state index is 0.208. The molecule has 3 heteroatoms. The lowest BCUT2D eigenvalue weighted by molar-refractivity contribution is 0.451. The summed E-state index contributed by atoms with van der Waals surface area (Å²) in [6.07, 6.45) is 4.81. The van der Waals surface area contributed by atoms with Gasteiger partial charge in [0.2, 0.25) is 0 Å². The molecule has 0 spiro atoms. The number of benzene rings is 1. The predicted octanol–water partition coefficient (Wildman–Crippen LogP) is 3.25. The van der Waals surface area contributed by atoms with Gasteiger partial charge < -0.3 is 10.4 Å². The molecule has 0 aromatic heterocycles. The van der Waals surface area contributed by atoms with Crippen molar-refractivity contribution in [3.05, 3.63) is 29.3 Å². The van der Waals surface area contributed by atoms with Gasteiger partial charge in [0.05, 0.1) is 0 Å². The van der Waals surface area contributed by atoms with Gasteiger partial charge >= 0.3 is 0 Å². The molecule has 2 nitrogen and oxygen atoms in total. The van der Waals surface area contributed by atoms with Crippen LogP contribution >= 0.6 is 11.8 Å². The number of hydrogen-bond donors (Lipinski definition) is 2. The molecule has 2 N–H and O–H groups in total. The van der Waals surface area contributed by atoms with Crippen molar-refractivity contribution in [1.29, 1.82) is 0 Å². The van der Waals surface area contributed by atoms with E-state index in [1.54, 1.807) is 6.07 Å². The van der Waals surface area contributed by atoms with Gasteiger partial charge in [-0.1, -0.05) is 17.7 Å². The fourth-order valence-electron chi connectivity index (χ4n) is 2.06. The van der Waals surface area contributed by atoms with Crippen LogP contribution in [0.3, 0.4) is 0 Å². The van der Waals surface area contributed by atoms with Gasteiger partial charge in [0.15, 0.2) is 0 Å². The van der Waals surface area contributed by atoms with Crippen molar-refractivity contribution in [2.45, 2.75) is 37.5 Å². The lowest BCUT2D eigenvalue weighted by Crippen LogP contribution is -2.28. The summed E-state index contributed by atoms with van der Waals surface area (Å²) in [5, 5.41) is 13.4. The van der Waals surface area contributed by atoms with Crippen LogP contribution in [0.25, 0.3) is 0 Å². The zero-order valence-electron chi connectivity index (χ0n) is 10.8. The first-order valence-corrected chi connectivity index (χ1v) is 7.37. The molecule has 0 heterocycles. The molecule has 0 saturated heterocycles. The average Bonchev–Trinajstić information content (AvgIpc) is 3.10. The Morgan fingerprint density at radius 1 is 1.47 bits per heavy atom. The summed E-state index contributed by atoms with van der Waals surface area (Å²) in [5.41, 5.74) is 2.19. The number of aromatic hydroxyl groups is 1. The first-order chi connectivity index (χ1) is 8.06. The summed E-state index contributed by atoms with van der Waals surface area (Å²) >= 11 is 1.96. The van der Waals surface area contributed by atoms with E-state index in [0.717, 1.165) is 12.1 Å². The number of phenols is 1. The third-order valence-corrected chi connectivity index (χ3v) is 5.04. The van der Waals surface area contributed by atoms with E-state index < -0.39 is 0 Å². The van der Waals surface area contributed by atoms with Gasteiger partial charge in [0.25, 0.3) is 0 Å². The average molecular weight is 251 g/mol. The van der Waals surface area contributed by atoms with E-state index in [2.05, 4.69) is 31.5 Å². The van der Waals surface area contributed by atoms with E-state index >= 15 is 0 Å². The van der Waals surface area contributed by atoms with Gasteiger partial charge in [0.1, 0.15) is 5.75 Å². The molecule has 2 rings (SSSR count). The quantitative estimate of drug-likeness (QED) is 0.842. The Hall–Kier alpha value is -0.670. The Morgan fingerprint density at radius 2 is 2.18 bits per heavy atom. The summed E-state index contributed by atoms with van der Waals surface area (Å²) < 4.78 is 0.466. The molecule has 0 aliphatic heterocycles. The van der Waals surface area contributed by atoms with Crippen molar-refractivity contribution < 1.29 is 5.11 Å². The Labute approximate surface area is 108 Å². The number of nitrogens with one attached hydrogen (secondary N) is 1. The Morgan fingerprint density at radius 3 is 2.76 bits per heavy atom. The molecule has 1 aromatic rings. The van der Waals surface area contributed by atoms with E-state index in [9.17, 15) is 5.11 Å². The van der Waals surface area contributed by atoms with Gasteiger partial charge in [-0.25, -0.2) is 0 Å². The molecule has 1 saturated carbocycles. The number of thioether (sulfide) groups is 1. The van der Waals surface area contributed by atoms with Gasteiger partial charge in [-0.05, 0) is 39.0 Å². The summed E-state index contributed by atoms with van der Waals surface area (Å²) in [6.45, 7) is 5.20. The SMILES string of the molecule is CSC1(CNC(C)c2cc(C)ccc2O)CC1. The minimum atomic E-state index is 0.208. The van der Waals surface area contributed by atoms with Crippen molar-refractivity contribution in [3.63, 3.8) is 0 Å². The first kappa shape index (κ1) is 12.8. The fourth-order valence-corrected chi connectivity index (χ4v) is 2.80. The minimum Gasteiger partial charge on any atom is -0.508 e. The van der Waals surface area contributed by atoms with E-state index in [1.807, 2.05) is 17.8 Å². The molecule has 1 unspecified atom stereocenters. The van der Waals surface area contributed by atoms with Crippen molar-refractivity contribution in [3.8, 4) is 5.75 Å². The topological polar surface area (TPSA) is 32.3 Å². The molecule has 1 aromatic carbocycles. The highest BCUT2D eigenvalue weighted by molar-refractivity contribution is 8.00. The molecule has 0 radical (unpaired) electrons. The van der Waals surface area contributed by atoms with Crippen LogP contribution in [0, 0.1) is 6.92 Å². The second kappa shape index (κ2) is 4.91. The highest BCUT2D eigenvalue weighted by Crippen LogP contribution is 2.46. The van der Waals surface area contributed by atoms with E-state index in [4.69, 9.17) is 0 Å². The van der Waals surface area contributed by atoms with Crippen LogP contribution < -0.4 is 5.32 Å². The molecule has 17 heavy (non-hydrogen) atoms. The van der Waals surface area contributed by atoms with Crippen molar-refractivity contribution in [2.75, 3.05) is 12.8 Å². The van der Waals surface area contributed by atoms with Crippen LogP contribution in [-0.4, -0.2) is 22.7 Å². The summed E-state index contributed by atoms with van der Waals surface area (Å²) in [7, 11) is 0. The van der Waals surface area contributed by atoms with Crippen molar-refractivity contribution >= 4 is 11.8 Å². The second-order valence-corrected chi connectivity index (χ2v) is 6.33. The van der Waals surface area contributed by atoms with Crippen LogP contribution in [0.5, 0.6) is 5.75 Å². The van der Waals surface area contributed by atoms with E-state index in [1.165, 1.54) is 18.4 Å². The number of hydrogen-bond acceptors (Lipinski definition) is 3. The maximum absolute atomic E-state index is 9.86. The third kappa shape index (κ3) is 2.96. The molecule has 1 aliphatic carbocycles.